The maximum absolute atomic E-state index is 12.9. The van der Waals surface area contributed by atoms with Crippen LogP contribution in [0.4, 0.5) is 13.2 Å². The first-order valence-electron chi connectivity index (χ1n) is 3.75. The molecule has 0 spiro atoms. The third kappa shape index (κ3) is 2.48. The highest BCUT2D eigenvalue weighted by Gasteiger charge is 2.12. The van der Waals surface area contributed by atoms with Crippen LogP contribution in [-0.4, -0.2) is 11.7 Å². The molecule has 1 aromatic rings. The lowest BCUT2D eigenvalue weighted by molar-refractivity contribution is -0.116. The number of hydrogen-bond donors (Lipinski definition) is 0. The Morgan fingerprint density at radius 1 is 1.14 bits per heavy atom. The van der Waals surface area contributed by atoms with E-state index in [9.17, 15) is 18.0 Å². The van der Waals surface area contributed by atoms with Crippen LogP contribution >= 0.6 is 11.6 Å². The number of rotatable bonds is 3. The smallest absolute Gasteiger partial charge is 0.161 e. The molecule has 76 valence electrons. The average Bonchev–Trinajstić information content (AvgIpc) is 2.14. The van der Waals surface area contributed by atoms with E-state index in [4.69, 9.17) is 11.6 Å². The lowest BCUT2D eigenvalue weighted by atomic mass is 10.1. The van der Waals surface area contributed by atoms with Gasteiger partial charge in [-0.25, -0.2) is 13.2 Å². The Bertz CT molecular complexity index is 365. The van der Waals surface area contributed by atoms with Crippen molar-refractivity contribution in [3.63, 3.8) is 0 Å². The number of carbonyl (C=O) groups excluding carboxylic acids is 1. The van der Waals surface area contributed by atoms with E-state index in [1.807, 2.05) is 0 Å². The number of Topliss-reactive ketones (excluding diaryl/α,β-unsaturated/α-hetero) is 1. The van der Waals surface area contributed by atoms with Crippen LogP contribution in [0.15, 0.2) is 12.1 Å². The van der Waals surface area contributed by atoms with Crippen LogP contribution in [0, 0.1) is 17.5 Å². The Morgan fingerprint density at radius 3 is 2.29 bits per heavy atom. The minimum Gasteiger partial charge on any atom is -0.298 e. The van der Waals surface area contributed by atoms with Crippen LogP contribution in [0.25, 0.3) is 0 Å². The monoisotopic (exact) mass is 222 g/mol. The predicted molar refractivity (Wildman–Crippen MR) is 45.7 cm³/mol. The van der Waals surface area contributed by atoms with Gasteiger partial charge >= 0.3 is 0 Å². The van der Waals surface area contributed by atoms with Crippen molar-refractivity contribution in [3.05, 3.63) is 35.1 Å². The molecular weight excluding hydrogens is 217 g/mol. The maximum Gasteiger partial charge on any atom is 0.161 e. The van der Waals surface area contributed by atoms with Crippen LogP contribution in [0.2, 0.25) is 0 Å². The molecule has 0 fully saturated rings. The molecule has 0 saturated carbocycles. The quantitative estimate of drug-likeness (QED) is 0.567. The van der Waals surface area contributed by atoms with Crippen LogP contribution < -0.4 is 0 Å². The molecule has 14 heavy (non-hydrogen) atoms. The van der Waals surface area contributed by atoms with Crippen molar-refractivity contribution in [1.29, 1.82) is 0 Å². The predicted octanol–water partition coefficient (Wildman–Crippen LogP) is 2.45. The van der Waals surface area contributed by atoms with Crippen LogP contribution in [0.5, 0.6) is 0 Å². The third-order valence-corrected chi connectivity index (χ3v) is 1.92. The van der Waals surface area contributed by atoms with Gasteiger partial charge in [0.2, 0.25) is 0 Å². The standard InChI is InChI=1S/C9H6ClF3O/c10-4-6(14)1-5-2-8(12)9(13)3-7(5)11/h2-3H,1,4H2. The number of ketones is 1. The second kappa shape index (κ2) is 4.46. The van der Waals surface area contributed by atoms with E-state index in [2.05, 4.69) is 0 Å². The zero-order valence-corrected chi connectivity index (χ0v) is 7.74. The molecule has 1 aromatic carbocycles. The van der Waals surface area contributed by atoms with Gasteiger partial charge in [-0.2, -0.15) is 0 Å². The molecule has 0 aliphatic carbocycles. The molecule has 0 aromatic heterocycles. The second-order valence-electron chi connectivity index (χ2n) is 2.71. The molecule has 1 rings (SSSR count). The van der Waals surface area contributed by atoms with E-state index in [1.54, 1.807) is 0 Å². The SMILES string of the molecule is O=C(CCl)Cc1cc(F)c(F)cc1F. The van der Waals surface area contributed by atoms with Crippen LogP contribution in [-0.2, 0) is 11.2 Å². The number of hydrogen-bond acceptors (Lipinski definition) is 1. The van der Waals surface area contributed by atoms with Gasteiger partial charge in [-0.15, -0.1) is 11.6 Å². The molecule has 1 nitrogen and oxygen atoms in total. The first-order chi connectivity index (χ1) is 6.54. The highest BCUT2D eigenvalue weighted by atomic mass is 35.5. The fourth-order valence-electron chi connectivity index (χ4n) is 0.959. The van der Waals surface area contributed by atoms with E-state index < -0.39 is 23.2 Å². The van der Waals surface area contributed by atoms with Gasteiger partial charge in [-0.05, 0) is 11.6 Å². The summed E-state index contributed by atoms with van der Waals surface area (Å²) in [5, 5.41) is 0. The van der Waals surface area contributed by atoms with E-state index in [0.29, 0.717) is 12.1 Å². The summed E-state index contributed by atoms with van der Waals surface area (Å²) >= 11 is 5.19. The second-order valence-corrected chi connectivity index (χ2v) is 2.97. The summed E-state index contributed by atoms with van der Waals surface area (Å²) in [6.45, 7) is 0. The molecule has 0 N–H and O–H groups in total. The van der Waals surface area contributed by atoms with Gasteiger partial charge in [-0.3, -0.25) is 4.79 Å². The van der Waals surface area contributed by atoms with Crippen LogP contribution in [0.1, 0.15) is 5.56 Å². The number of halogens is 4. The van der Waals surface area contributed by atoms with Gasteiger partial charge in [0.25, 0.3) is 0 Å². The average molecular weight is 223 g/mol. The van der Waals surface area contributed by atoms with Crippen molar-refractivity contribution in [3.8, 4) is 0 Å². The number of carbonyl (C=O) groups is 1. The third-order valence-electron chi connectivity index (χ3n) is 1.63. The molecule has 5 heteroatoms. The molecule has 0 atom stereocenters. The zero-order valence-electron chi connectivity index (χ0n) is 6.99. The van der Waals surface area contributed by atoms with Crippen molar-refractivity contribution in [2.75, 3.05) is 5.88 Å². The summed E-state index contributed by atoms with van der Waals surface area (Å²) in [7, 11) is 0. The van der Waals surface area contributed by atoms with Crippen molar-refractivity contribution < 1.29 is 18.0 Å². The summed E-state index contributed by atoms with van der Waals surface area (Å²) in [4.78, 5) is 10.8. The van der Waals surface area contributed by atoms with Gasteiger partial charge in [0.05, 0.1) is 5.88 Å². The fourth-order valence-corrected chi connectivity index (χ4v) is 1.05. The maximum atomic E-state index is 12.9. The van der Waals surface area contributed by atoms with Crippen molar-refractivity contribution >= 4 is 17.4 Å². The van der Waals surface area contributed by atoms with Gasteiger partial charge in [-0.1, -0.05) is 0 Å². The molecule has 0 aliphatic heterocycles. The number of alkyl halides is 1. The van der Waals surface area contributed by atoms with E-state index in [0.717, 1.165) is 0 Å². The Morgan fingerprint density at radius 2 is 1.71 bits per heavy atom. The van der Waals surface area contributed by atoms with Gasteiger partial charge in [0, 0.05) is 12.5 Å². The lowest BCUT2D eigenvalue weighted by Gasteiger charge is -2.01. The van der Waals surface area contributed by atoms with Crippen molar-refractivity contribution in [1.82, 2.24) is 0 Å². The molecule has 0 saturated heterocycles. The Hall–Kier alpha value is -1.03. The molecule has 0 bridgehead atoms. The minimum atomic E-state index is -1.27. The Balaban J connectivity index is 2.98. The zero-order chi connectivity index (χ0) is 10.7. The first-order valence-corrected chi connectivity index (χ1v) is 4.29. The molecule has 0 heterocycles. The summed E-state index contributed by atoms with van der Waals surface area (Å²) < 4.78 is 38.0. The van der Waals surface area contributed by atoms with Crippen molar-refractivity contribution in [2.24, 2.45) is 0 Å². The Kier molecular flexibility index (Phi) is 3.52. The molecular formula is C9H6ClF3O. The summed E-state index contributed by atoms with van der Waals surface area (Å²) in [5.41, 5.74) is -0.186. The molecule has 0 aliphatic rings. The largest absolute Gasteiger partial charge is 0.298 e. The highest BCUT2D eigenvalue weighted by molar-refractivity contribution is 6.27. The van der Waals surface area contributed by atoms with E-state index in [1.165, 1.54) is 0 Å². The highest BCUT2D eigenvalue weighted by Crippen LogP contribution is 2.14. The number of benzene rings is 1. The van der Waals surface area contributed by atoms with E-state index in [-0.39, 0.29) is 17.9 Å². The molecule has 0 amide bonds. The summed E-state index contributed by atoms with van der Waals surface area (Å²) in [5.74, 6) is -4.12. The van der Waals surface area contributed by atoms with Crippen LogP contribution in [0.3, 0.4) is 0 Å². The summed E-state index contributed by atoms with van der Waals surface area (Å²) in [6, 6.07) is 1.07. The molecule has 0 radical (unpaired) electrons. The van der Waals surface area contributed by atoms with Gasteiger partial charge in [0.1, 0.15) is 5.82 Å². The Labute approximate surface area is 83.5 Å². The lowest BCUT2D eigenvalue weighted by Crippen LogP contribution is -2.06. The normalized spacial score (nSPS) is 10.3. The minimum absolute atomic E-state index is 0.186. The van der Waals surface area contributed by atoms with E-state index >= 15 is 0 Å². The first kappa shape index (κ1) is 11.0. The summed E-state index contributed by atoms with van der Waals surface area (Å²) in [6.07, 6.45) is -0.327. The van der Waals surface area contributed by atoms with Gasteiger partial charge in [0.15, 0.2) is 17.4 Å². The topological polar surface area (TPSA) is 17.1 Å². The van der Waals surface area contributed by atoms with Gasteiger partial charge < -0.3 is 0 Å². The fraction of sp³-hybridized carbons (Fsp3) is 0.222. The van der Waals surface area contributed by atoms with Crippen molar-refractivity contribution in [2.45, 2.75) is 6.42 Å². The molecule has 0 unspecified atom stereocenters.